The normalized spacial score (nSPS) is 12.7. The minimum Gasteiger partial charge on any atom is -0.507 e. The van der Waals surface area contributed by atoms with Crippen molar-refractivity contribution >= 4 is 58.2 Å². The van der Waals surface area contributed by atoms with Gasteiger partial charge < -0.3 is 16.2 Å². The summed E-state index contributed by atoms with van der Waals surface area (Å²) in [5, 5.41) is 12.1. The van der Waals surface area contributed by atoms with Crippen molar-refractivity contribution in [2.24, 2.45) is 0 Å². The van der Waals surface area contributed by atoms with Gasteiger partial charge in [0.25, 0.3) is 30.4 Å². The van der Waals surface area contributed by atoms with E-state index in [-0.39, 0.29) is 22.4 Å². The van der Waals surface area contributed by atoms with Crippen molar-refractivity contribution < 1.29 is 44.0 Å². The summed E-state index contributed by atoms with van der Waals surface area (Å²) < 4.78 is 97.9. The molecule has 3 aromatic carbocycles. The number of nitrogens with one attached hydrogen (secondary N) is 1. The molecule has 15 heteroatoms. The second-order valence-corrected chi connectivity index (χ2v) is 10.5. The number of phenols is 1. The number of phenolic OH excluding ortho intramolecular Hbond substituents is 1. The fourth-order valence-corrected chi connectivity index (χ4v) is 4.78. The van der Waals surface area contributed by atoms with Gasteiger partial charge in [-0.1, -0.05) is 0 Å². The van der Waals surface area contributed by atoms with E-state index in [1.165, 1.54) is 12.1 Å². The second-order valence-electron chi connectivity index (χ2n) is 6.28. The van der Waals surface area contributed by atoms with E-state index >= 15 is 0 Å². The Balaban J connectivity index is 2.37. The monoisotopic (exact) mass is 490 g/mol. The van der Waals surface area contributed by atoms with Crippen LogP contribution in [0.3, 0.4) is 0 Å². The largest absolute Gasteiger partial charge is 0.507 e. The van der Waals surface area contributed by atoms with Gasteiger partial charge in [0.15, 0.2) is 0 Å². The number of fused-ring (bicyclic) bond motifs is 1. The van der Waals surface area contributed by atoms with Crippen LogP contribution in [0.4, 0.5) is 17.1 Å². The number of nitrogens with two attached hydrogens (primary N) is 1. The van der Waals surface area contributed by atoms with E-state index in [0.717, 1.165) is 18.2 Å². The van der Waals surface area contributed by atoms with Crippen LogP contribution in [0.5, 0.6) is 5.75 Å². The predicted molar refractivity (Wildman–Crippen MR) is 109 cm³/mol. The molecule has 0 atom stereocenters. The number of hydrogen-bond acceptors (Lipinski definition) is 9. The van der Waals surface area contributed by atoms with Gasteiger partial charge in [-0.2, -0.15) is 25.3 Å². The van der Waals surface area contributed by atoms with Crippen molar-refractivity contribution in [1.29, 1.82) is 0 Å². The van der Waals surface area contributed by atoms with Gasteiger partial charge in [0.1, 0.15) is 15.5 Å². The van der Waals surface area contributed by atoms with E-state index in [1.54, 1.807) is 0 Å². The number of benzene rings is 3. The van der Waals surface area contributed by atoms with Crippen LogP contribution >= 0.6 is 0 Å². The quantitative estimate of drug-likeness (QED) is 0.222. The smallest absolute Gasteiger partial charge is 0.296 e. The van der Waals surface area contributed by atoms with Crippen LogP contribution in [-0.2, 0) is 30.4 Å². The summed E-state index contributed by atoms with van der Waals surface area (Å²) in [5.41, 5.74) is 5.20. The van der Waals surface area contributed by atoms with Crippen LogP contribution in [-0.4, -0.2) is 44.0 Å². The molecule has 0 amide bonds. The molecule has 0 unspecified atom stereocenters. The Bertz CT molecular complexity index is 1550. The highest BCUT2D eigenvalue weighted by Gasteiger charge is 2.23. The molecule has 0 saturated carbocycles. The maximum atomic E-state index is 11.7. The molecule has 7 N–H and O–H groups in total. The SMILES string of the molecule is Nc1ccc(Nc2ccc(S(=O)(=O)O)c3cc(S(=O)(=O)O)cc(O)c23)c(S(=O)(=O)O)c1. The lowest BCUT2D eigenvalue weighted by Gasteiger charge is -2.16. The van der Waals surface area contributed by atoms with Crippen molar-refractivity contribution in [2.75, 3.05) is 11.1 Å². The van der Waals surface area contributed by atoms with Crippen LogP contribution in [0, 0.1) is 0 Å². The minimum atomic E-state index is -4.90. The van der Waals surface area contributed by atoms with Gasteiger partial charge in [-0.3, -0.25) is 13.7 Å². The molecule has 166 valence electrons. The van der Waals surface area contributed by atoms with Crippen molar-refractivity contribution in [3.63, 3.8) is 0 Å². The second kappa shape index (κ2) is 7.33. The third-order valence-corrected chi connectivity index (χ3v) is 6.79. The molecule has 0 aliphatic carbocycles. The Morgan fingerprint density at radius 2 is 1.29 bits per heavy atom. The zero-order valence-corrected chi connectivity index (χ0v) is 17.5. The molecule has 0 radical (unpaired) electrons. The molecule has 31 heavy (non-hydrogen) atoms. The molecule has 0 fully saturated rings. The first-order valence-electron chi connectivity index (χ1n) is 7.98. The summed E-state index contributed by atoms with van der Waals surface area (Å²) in [7, 11) is -14.5. The maximum absolute atomic E-state index is 11.7. The van der Waals surface area contributed by atoms with Crippen molar-refractivity contribution in [2.45, 2.75) is 14.7 Å². The highest BCUT2D eigenvalue weighted by Crippen LogP contribution is 2.40. The summed E-state index contributed by atoms with van der Waals surface area (Å²) in [4.78, 5) is -2.28. The van der Waals surface area contributed by atoms with E-state index < -0.39 is 56.2 Å². The van der Waals surface area contributed by atoms with Gasteiger partial charge in [0.05, 0.1) is 16.3 Å². The molecule has 0 aromatic heterocycles. The topological polar surface area (TPSA) is 221 Å². The maximum Gasteiger partial charge on any atom is 0.296 e. The number of aromatic hydroxyl groups is 1. The summed E-state index contributed by atoms with van der Waals surface area (Å²) in [6.07, 6.45) is 0. The van der Waals surface area contributed by atoms with Crippen LogP contribution < -0.4 is 11.1 Å². The van der Waals surface area contributed by atoms with Crippen LogP contribution in [0.2, 0.25) is 0 Å². The Labute approximate surface area is 176 Å². The lowest BCUT2D eigenvalue weighted by Crippen LogP contribution is -2.06. The highest BCUT2D eigenvalue weighted by atomic mass is 32.2. The number of hydrogen-bond donors (Lipinski definition) is 6. The molecule has 3 rings (SSSR count). The summed E-state index contributed by atoms with van der Waals surface area (Å²) in [6, 6.07) is 6.67. The number of anilines is 3. The minimum absolute atomic E-state index is 0.00500. The molecular formula is C16H14N2O10S3. The molecule has 0 aliphatic heterocycles. The van der Waals surface area contributed by atoms with Crippen LogP contribution in [0.25, 0.3) is 10.8 Å². The molecule has 0 heterocycles. The number of rotatable bonds is 5. The summed E-state index contributed by atoms with van der Waals surface area (Å²) >= 11 is 0. The fourth-order valence-electron chi connectivity index (χ4n) is 2.89. The van der Waals surface area contributed by atoms with Crippen LogP contribution in [0.1, 0.15) is 0 Å². The highest BCUT2D eigenvalue weighted by molar-refractivity contribution is 7.86. The molecule has 3 aromatic rings. The molecular weight excluding hydrogens is 476 g/mol. The average Bonchev–Trinajstić information content (AvgIpc) is 2.60. The molecule has 12 nitrogen and oxygen atoms in total. The standard InChI is InChI=1S/C16H14N2O10S3/c17-8-1-2-11(15(5-8)31(26,27)28)18-12-3-4-14(30(23,24)25)10-6-9(29(20,21)22)7-13(19)16(10)12/h1-7,18-19H,17H2,(H,20,21,22)(H,23,24,25)(H,26,27,28). The molecule has 0 bridgehead atoms. The first-order chi connectivity index (χ1) is 14.1. The lowest BCUT2D eigenvalue weighted by molar-refractivity contribution is 0.470. The first kappa shape index (κ1) is 22.7. The third-order valence-electron chi connectivity index (χ3n) is 4.16. The van der Waals surface area contributed by atoms with Gasteiger partial charge >= 0.3 is 0 Å². The average molecular weight is 490 g/mol. The Hall–Kier alpha value is -2.95. The van der Waals surface area contributed by atoms with Crippen molar-refractivity contribution in [3.05, 3.63) is 42.5 Å². The molecule has 0 aliphatic rings. The van der Waals surface area contributed by atoms with Crippen LogP contribution in [0.15, 0.2) is 57.2 Å². The molecule has 0 spiro atoms. The van der Waals surface area contributed by atoms with Gasteiger partial charge in [-0.15, -0.1) is 0 Å². The Morgan fingerprint density at radius 1 is 0.710 bits per heavy atom. The van der Waals surface area contributed by atoms with Gasteiger partial charge in [0, 0.05) is 22.5 Å². The van der Waals surface area contributed by atoms with E-state index in [4.69, 9.17) is 5.73 Å². The zero-order valence-electron chi connectivity index (χ0n) is 15.1. The first-order valence-corrected chi connectivity index (χ1v) is 12.3. The van der Waals surface area contributed by atoms with E-state index in [0.29, 0.717) is 12.1 Å². The van der Waals surface area contributed by atoms with Gasteiger partial charge in [0.2, 0.25) is 0 Å². The number of nitrogen functional groups attached to an aromatic ring is 1. The van der Waals surface area contributed by atoms with Gasteiger partial charge in [-0.05, 0) is 36.4 Å². The summed E-state index contributed by atoms with van der Waals surface area (Å²) in [6.45, 7) is 0. The van der Waals surface area contributed by atoms with Gasteiger partial charge in [-0.25, -0.2) is 0 Å². The van der Waals surface area contributed by atoms with E-state index in [1.807, 2.05) is 0 Å². The third kappa shape index (κ3) is 4.55. The lowest BCUT2D eigenvalue weighted by atomic mass is 10.1. The summed E-state index contributed by atoms with van der Waals surface area (Å²) in [5.74, 6) is -0.818. The fraction of sp³-hybridized carbons (Fsp3) is 0. The zero-order chi connectivity index (χ0) is 23.4. The molecule has 0 saturated heterocycles. The van der Waals surface area contributed by atoms with Crippen molar-refractivity contribution in [1.82, 2.24) is 0 Å². The van der Waals surface area contributed by atoms with E-state index in [2.05, 4.69) is 5.32 Å². The predicted octanol–water partition coefficient (Wildman–Crippen LogP) is 1.61. The Morgan fingerprint density at radius 3 is 1.84 bits per heavy atom. The van der Waals surface area contributed by atoms with E-state index in [9.17, 15) is 44.0 Å². The van der Waals surface area contributed by atoms with Crippen molar-refractivity contribution in [3.8, 4) is 5.75 Å². The Kier molecular flexibility index (Phi) is 5.37.